The van der Waals surface area contributed by atoms with Crippen molar-refractivity contribution in [1.82, 2.24) is 10.2 Å². The first kappa shape index (κ1) is 14.2. The van der Waals surface area contributed by atoms with Gasteiger partial charge in [0.05, 0.1) is 24.7 Å². The number of morpholine rings is 1. The highest BCUT2D eigenvalue weighted by atomic mass is 35.5. The van der Waals surface area contributed by atoms with E-state index in [-0.39, 0.29) is 17.0 Å². The Hall–Kier alpha value is -1.17. The number of halogens is 2. The number of nitrogens with zero attached hydrogens (tertiary/aromatic N) is 1. The zero-order chi connectivity index (χ0) is 13.8. The van der Waals surface area contributed by atoms with Crippen LogP contribution in [-0.2, 0) is 9.53 Å². The van der Waals surface area contributed by atoms with Gasteiger partial charge in [-0.25, -0.2) is 4.39 Å². The van der Waals surface area contributed by atoms with Crippen LogP contribution in [0.25, 0.3) is 0 Å². The molecule has 2 rings (SSSR count). The lowest BCUT2D eigenvalue weighted by Crippen LogP contribution is -2.45. The van der Waals surface area contributed by atoms with E-state index in [9.17, 15) is 9.18 Å². The molecule has 0 aliphatic carbocycles. The van der Waals surface area contributed by atoms with Crippen LogP contribution in [0.1, 0.15) is 11.7 Å². The molecule has 1 aromatic carbocycles. The van der Waals surface area contributed by atoms with E-state index in [4.69, 9.17) is 16.3 Å². The molecule has 19 heavy (non-hydrogen) atoms. The van der Waals surface area contributed by atoms with Gasteiger partial charge < -0.3 is 15.0 Å². The van der Waals surface area contributed by atoms with Gasteiger partial charge in [0.1, 0.15) is 11.9 Å². The Morgan fingerprint density at radius 2 is 2.42 bits per heavy atom. The number of amides is 1. The standard InChI is InChI=1S/C13H16ClFN2O2/c1-16-7-13(18)17-4-5-19-12(8-17)9-2-3-11(15)10(14)6-9/h2-3,6,12,16H,4-5,7-8H2,1H3. The number of rotatable bonds is 3. The summed E-state index contributed by atoms with van der Waals surface area (Å²) < 4.78 is 18.7. The van der Waals surface area contributed by atoms with Crippen LogP contribution in [0.3, 0.4) is 0 Å². The third-order valence-electron chi connectivity index (χ3n) is 3.06. The number of hydrogen-bond donors (Lipinski definition) is 1. The Bertz CT molecular complexity index is 470. The molecular formula is C13H16ClFN2O2. The van der Waals surface area contributed by atoms with Crippen molar-refractivity contribution in [2.45, 2.75) is 6.10 Å². The summed E-state index contributed by atoms with van der Waals surface area (Å²) in [6.07, 6.45) is -0.257. The summed E-state index contributed by atoms with van der Waals surface area (Å²) in [5.41, 5.74) is 0.786. The van der Waals surface area contributed by atoms with E-state index in [1.54, 1.807) is 24.1 Å². The maximum Gasteiger partial charge on any atom is 0.236 e. The highest BCUT2D eigenvalue weighted by molar-refractivity contribution is 6.30. The summed E-state index contributed by atoms with van der Waals surface area (Å²) in [5.74, 6) is -0.423. The third-order valence-corrected chi connectivity index (χ3v) is 3.35. The lowest BCUT2D eigenvalue weighted by molar-refractivity contribution is -0.137. The number of ether oxygens (including phenoxy) is 1. The molecule has 6 heteroatoms. The summed E-state index contributed by atoms with van der Waals surface area (Å²) in [5, 5.41) is 2.90. The van der Waals surface area contributed by atoms with Gasteiger partial charge in [-0.05, 0) is 24.7 Å². The molecule has 1 atom stereocenters. The molecule has 0 bridgehead atoms. The molecule has 1 aromatic rings. The summed E-state index contributed by atoms with van der Waals surface area (Å²) in [6.45, 7) is 1.81. The average Bonchev–Trinajstić information content (AvgIpc) is 2.42. The summed E-state index contributed by atoms with van der Waals surface area (Å²) in [4.78, 5) is 13.6. The van der Waals surface area contributed by atoms with Crippen molar-refractivity contribution >= 4 is 17.5 Å². The SMILES string of the molecule is CNCC(=O)N1CCOC(c2ccc(F)c(Cl)c2)C1. The van der Waals surface area contributed by atoms with Crippen LogP contribution < -0.4 is 5.32 Å². The van der Waals surface area contributed by atoms with Crippen LogP contribution in [-0.4, -0.2) is 44.1 Å². The van der Waals surface area contributed by atoms with E-state index in [1.165, 1.54) is 6.07 Å². The van der Waals surface area contributed by atoms with Crippen molar-refractivity contribution in [2.75, 3.05) is 33.3 Å². The van der Waals surface area contributed by atoms with Crippen LogP contribution in [0.15, 0.2) is 18.2 Å². The Kier molecular flexibility index (Phi) is 4.74. The van der Waals surface area contributed by atoms with Gasteiger partial charge in [-0.3, -0.25) is 4.79 Å². The fourth-order valence-electron chi connectivity index (χ4n) is 2.05. The quantitative estimate of drug-likeness (QED) is 0.918. The van der Waals surface area contributed by atoms with Gasteiger partial charge in [-0.2, -0.15) is 0 Å². The molecule has 1 N–H and O–H groups in total. The van der Waals surface area contributed by atoms with E-state index in [0.29, 0.717) is 26.2 Å². The second kappa shape index (κ2) is 6.32. The summed E-state index contributed by atoms with van der Waals surface area (Å²) in [6, 6.07) is 4.50. The molecule has 4 nitrogen and oxygen atoms in total. The monoisotopic (exact) mass is 286 g/mol. The van der Waals surface area contributed by atoms with E-state index < -0.39 is 5.82 Å². The van der Waals surface area contributed by atoms with Crippen LogP contribution >= 0.6 is 11.6 Å². The lowest BCUT2D eigenvalue weighted by atomic mass is 10.1. The molecule has 0 radical (unpaired) electrons. The van der Waals surface area contributed by atoms with Crippen molar-refractivity contribution < 1.29 is 13.9 Å². The molecule has 0 aromatic heterocycles. The molecule has 0 spiro atoms. The number of likely N-dealkylation sites (N-methyl/N-ethyl adjacent to an activating group) is 1. The molecule has 104 valence electrons. The van der Waals surface area contributed by atoms with Crippen LogP contribution in [0.4, 0.5) is 4.39 Å². The third kappa shape index (κ3) is 3.43. The lowest BCUT2D eigenvalue weighted by Gasteiger charge is -2.33. The molecule has 0 saturated carbocycles. The molecule has 1 aliphatic rings. The Morgan fingerprint density at radius 3 is 3.11 bits per heavy atom. The van der Waals surface area contributed by atoms with Gasteiger partial charge in [-0.15, -0.1) is 0 Å². The van der Waals surface area contributed by atoms with Crippen molar-refractivity contribution in [3.63, 3.8) is 0 Å². The minimum absolute atomic E-state index is 0.0315. The van der Waals surface area contributed by atoms with Crippen molar-refractivity contribution in [2.24, 2.45) is 0 Å². The zero-order valence-electron chi connectivity index (χ0n) is 10.7. The molecule has 1 heterocycles. The molecule has 1 amide bonds. The number of hydrogen-bond acceptors (Lipinski definition) is 3. The predicted octanol–water partition coefficient (Wildman–Crippen LogP) is 1.60. The van der Waals surface area contributed by atoms with E-state index in [0.717, 1.165) is 5.56 Å². The predicted molar refractivity (Wildman–Crippen MR) is 70.6 cm³/mol. The maximum atomic E-state index is 13.1. The van der Waals surface area contributed by atoms with Crippen LogP contribution in [0.5, 0.6) is 0 Å². The molecule has 1 aliphatic heterocycles. The van der Waals surface area contributed by atoms with Crippen molar-refractivity contribution in [3.8, 4) is 0 Å². The highest BCUT2D eigenvalue weighted by Crippen LogP contribution is 2.26. The molecular weight excluding hydrogens is 271 g/mol. The van der Waals surface area contributed by atoms with Gasteiger partial charge in [0.2, 0.25) is 5.91 Å². The second-order valence-electron chi connectivity index (χ2n) is 4.40. The van der Waals surface area contributed by atoms with Crippen LogP contribution in [0.2, 0.25) is 5.02 Å². The summed E-state index contributed by atoms with van der Waals surface area (Å²) in [7, 11) is 1.73. The Labute approximate surface area is 116 Å². The Balaban J connectivity index is 2.08. The minimum Gasteiger partial charge on any atom is -0.370 e. The normalized spacial score (nSPS) is 19.5. The number of carbonyl (C=O) groups is 1. The second-order valence-corrected chi connectivity index (χ2v) is 4.81. The van der Waals surface area contributed by atoms with Gasteiger partial charge in [0.15, 0.2) is 0 Å². The fraction of sp³-hybridized carbons (Fsp3) is 0.462. The van der Waals surface area contributed by atoms with E-state index >= 15 is 0 Å². The fourth-order valence-corrected chi connectivity index (χ4v) is 2.24. The zero-order valence-corrected chi connectivity index (χ0v) is 11.4. The number of benzene rings is 1. The van der Waals surface area contributed by atoms with Crippen molar-refractivity contribution in [3.05, 3.63) is 34.6 Å². The Morgan fingerprint density at radius 1 is 1.63 bits per heavy atom. The first-order chi connectivity index (χ1) is 9.11. The molecule has 1 unspecified atom stereocenters. The largest absolute Gasteiger partial charge is 0.370 e. The van der Waals surface area contributed by atoms with Gasteiger partial charge in [-0.1, -0.05) is 17.7 Å². The highest BCUT2D eigenvalue weighted by Gasteiger charge is 2.25. The first-order valence-corrected chi connectivity index (χ1v) is 6.48. The van der Waals surface area contributed by atoms with Gasteiger partial charge in [0, 0.05) is 6.54 Å². The maximum absolute atomic E-state index is 13.1. The van der Waals surface area contributed by atoms with Crippen molar-refractivity contribution in [1.29, 1.82) is 0 Å². The molecule has 1 fully saturated rings. The van der Waals surface area contributed by atoms with E-state index in [1.807, 2.05) is 0 Å². The number of carbonyl (C=O) groups excluding carboxylic acids is 1. The average molecular weight is 287 g/mol. The van der Waals surface area contributed by atoms with Gasteiger partial charge in [0.25, 0.3) is 0 Å². The minimum atomic E-state index is -0.454. The van der Waals surface area contributed by atoms with Gasteiger partial charge >= 0.3 is 0 Å². The van der Waals surface area contributed by atoms with E-state index in [2.05, 4.69) is 5.32 Å². The topological polar surface area (TPSA) is 41.6 Å². The first-order valence-electron chi connectivity index (χ1n) is 6.10. The van der Waals surface area contributed by atoms with Crippen LogP contribution in [0, 0.1) is 5.82 Å². The smallest absolute Gasteiger partial charge is 0.236 e. The number of nitrogens with one attached hydrogen (secondary N) is 1. The molecule has 1 saturated heterocycles. The summed E-state index contributed by atoms with van der Waals surface area (Å²) >= 11 is 5.76.